The van der Waals surface area contributed by atoms with Gasteiger partial charge in [0.15, 0.2) is 5.69 Å². The summed E-state index contributed by atoms with van der Waals surface area (Å²) in [5.41, 5.74) is 0.546. The van der Waals surface area contributed by atoms with E-state index in [1.807, 2.05) is 13.8 Å². The van der Waals surface area contributed by atoms with Crippen LogP contribution in [0, 0.1) is 0 Å². The van der Waals surface area contributed by atoms with Crippen molar-refractivity contribution in [3.63, 3.8) is 0 Å². The molecule has 0 unspecified atom stereocenters. The number of aromatic nitrogens is 1. The summed E-state index contributed by atoms with van der Waals surface area (Å²) < 4.78 is 20.3. The molecular weight excluding hydrogens is 354 g/mol. The van der Waals surface area contributed by atoms with E-state index in [4.69, 9.17) is 13.9 Å². The normalized spacial score (nSPS) is 10.4. The Kier molecular flexibility index (Phi) is 6.64. The molecule has 0 fully saturated rings. The van der Waals surface area contributed by atoms with Gasteiger partial charge >= 0.3 is 12.0 Å². The predicted molar refractivity (Wildman–Crippen MR) is 97.1 cm³/mol. The molecule has 27 heavy (non-hydrogen) atoms. The molecule has 0 saturated heterocycles. The third kappa shape index (κ3) is 4.90. The summed E-state index contributed by atoms with van der Waals surface area (Å²) in [6.07, 6.45) is 1.20. The third-order valence-electron chi connectivity index (χ3n) is 3.79. The Morgan fingerprint density at radius 1 is 1.22 bits per heavy atom. The first-order valence-electron chi connectivity index (χ1n) is 8.22. The summed E-state index contributed by atoms with van der Waals surface area (Å²) in [5, 5.41) is 2.80. The number of oxazole rings is 1. The lowest BCUT2D eigenvalue weighted by atomic mass is 10.2. The summed E-state index contributed by atoms with van der Waals surface area (Å²) in [6.45, 7) is 3.79. The molecule has 1 aromatic heterocycles. The van der Waals surface area contributed by atoms with Crippen LogP contribution in [0.1, 0.15) is 30.2 Å². The summed E-state index contributed by atoms with van der Waals surface area (Å²) in [5.74, 6) is 0.700. The standard InChI is InChI=1S/C18H23N3O6/c1-11(2)21(9-16-19-14(10-27-16)17(22)26-5)18(23)20-13-7-6-12(24-3)8-15(13)25-4/h6-8,10-11H,9H2,1-5H3,(H,20,23). The number of anilines is 1. The Labute approximate surface area is 157 Å². The molecule has 0 aliphatic heterocycles. The summed E-state index contributed by atoms with van der Waals surface area (Å²) in [6, 6.07) is 4.56. The van der Waals surface area contributed by atoms with Crippen LogP contribution in [0.25, 0.3) is 0 Å². The minimum Gasteiger partial charge on any atom is -0.497 e. The second-order valence-electron chi connectivity index (χ2n) is 5.84. The van der Waals surface area contributed by atoms with Gasteiger partial charge in [0.2, 0.25) is 5.89 Å². The maximum atomic E-state index is 12.7. The Hall–Kier alpha value is -3.23. The van der Waals surface area contributed by atoms with Crippen molar-refractivity contribution in [2.45, 2.75) is 26.4 Å². The number of amides is 2. The lowest BCUT2D eigenvalue weighted by Crippen LogP contribution is -2.39. The Morgan fingerprint density at radius 3 is 2.56 bits per heavy atom. The lowest BCUT2D eigenvalue weighted by Gasteiger charge is -2.26. The molecule has 0 aliphatic rings. The lowest BCUT2D eigenvalue weighted by molar-refractivity contribution is 0.0594. The van der Waals surface area contributed by atoms with Crippen molar-refractivity contribution in [1.82, 2.24) is 9.88 Å². The SMILES string of the molecule is COC(=O)c1coc(CN(C(=O)Nc2ccc(OC)cc2OC)C(C)C)n1. The van der Waals surface area contributed by atoms with Gasteiger partial charge in [-0.1, -0.05) is 0 Å². The Balaban J connectivity index is 2.15. The predicted octanol–water partition coefficient (Wildman–Crippen LogP) is 2.92. The van der Waals surface area contributed by atoms with E-state index in [0.29, 0.717) is 17.2 Å². The smallest absolute Gasteiger partial charge is 0.360 e. The number of esters is 1. The topological polar surface area (TPSA) is 103 Å². The van der Waals surface area contributed by atoms with Gasteiger partial charge in [-0.15, -0.1) is 0 Å². The first kappa shape index (κ1) is 20.1. The van der Waals surface area contributed by atoms with Crippen molar-refractivity contribution in [2.24, 2.45) is 0 Å². The van der Waals surface area contributed by atoms with E-state index in [-0.39, 0.29) is 30.2 Å². The number of nitrogens with zero attached hydrogens (tertiary/aromatic N) is 2. The molecule has 1 N–H and O–H groups in total. The van der Waals surface area contributed by atoms with Crippen LogP contribution in [0.2, 0.25) is 0 Å². The van der Waals surface area contributed by atoms with Gasteiger partial charge in [-0.3, -0.25) is 0 Å². The molecule has 2 amide bonds. The summed E-state index contributed by atoms with van der Waals surface area (Å²) in [4.78, 5) is 29.8. The van der Waals surface area contributed by atoms with E-state index in [2.05, 4.69) is 15.0 Å². The minimum atomic E-state index is -0.603. The zero-order valence-electron chi connectivity index (χ0n) is 15.9. The van der Waals surface area contributed by atoms with Crippen molar-refractivity contribution in [2.75, 3.05) is 26.6 Å². The number of hydrogen-bond acceptors (Lipinski definition) is 7. The largest absolute Gasteiger partial charge is 0.497 e. The number of methoxy groups -OCH3 is 3. The molecule has 1 aromatic carbocycles. The molecule has 0 radical (unpaired) electrons. The molecule has 1 heterocycles. The van der Waals surface area contributed by atoms with Gasteiger partial charge in [0, 0.05) is 12.1 Å². The monoisotopic (exact) mass is 377 g/mol. The van der Waals surface area contributed by atoms with Gasteiger partial charge in [-0.05, 0) is 26.0 Å². The van der Waals surface area contributed by atoms with Crippen LogP contribution in [0.4, 0.5) is 10.5 Å². The fraction of sp³-hybridized carbons (Fsp3) is 0.389. The van der Waals surface area contributed by atoms with Crippen LogP contribution in [-0.4, -0.2) is 49.3 Å². The highest BCUT2D eigenvalue weighted by Crippen LogP contribution is 2.29. The molecule has 0 spiro atoms. The maximum absolute atomic E-state index is 12.7. The number of carbonyl (C=O) groups excluding carboxylic acids is 2. The van der Waals surface area contributed by atoms with Gasteiger partial charge in [0.05, 0.1) is 33.6 Å². The van der Waals surface area contributed by atoms with E-state index < -0.39 is 5.97 Å². The van der Waals surface area contributed by atoms with Crippen LogP contribution in [0.5, 0.6) is 11.5 Å². The average Bonchev–Trinajstić information content (AvgIpc) is 3.14. The van der Waals surface area contributed by atoms with Crippen LogP contribution in [0.15, 0.2) is 28.9 Å². The van der Waals surface area contributed by atoms with Crippen LogP contribution < -0.4 is 14.8 Å². The molecule has 0 atom stereocenters. The van der Waals surface area contributed by atoms with Crippen molar-refractivity contribution in [1.29, 1.82) is 0 Å². The zero-order valence-corrected chi connectivity index (χ0v) is 15.9. The highest BCUT2D eigenvalue weighted by molar-refractivity contribution is 5.91. The molecule has 0 bridgehead atoms. The molecule has 2 rings (SSSR count). The molecular formula is C18H23N3O6. The van der Waals surface area contributed by atoms with Gasteiger partial charge in [0.1, 0.15) is 17.8 Å². The first-order valence-corrected chi connectivity index (χ1v) is 8.22. The maximum Gasteiger partial charge on any atom is 0.360 e. The molecule has 0 saturated carbocycles. The summed E-state index contributed by atoms with van der Waals surface area (Å²) >= 11 is 0. The number of urea groups is 1. The number of ether oxygens (including phenoxy) is 3. The van der Waals surface area contributed by atoms with Gasteiger partial charge in [0.25, 0.3) is 0 Å². The van der Waals surface area contributed by atoms with E-state index in [1.165, 1.54) is 25.4 Å². The van der Waals surface area contributed by atoms with Crippen molar-refractivity contribution >= 4 is 17.7 Å². The number of hydrogen-bond donors (Lipinski definition) is 1. The van der Waals surface area contributed by atoms with Gasteiger partial charge in [-0.25, -0.2) is 14.6 Å². The average molecular weight is 377 g/mol. The fourth-order valence-corrected chi connectivity index (χ4v) is 2.31. The van der Waals surface area contributed by atoms with E-state index in [1.54, 1.807) is 25.3 Å². The van der Waals surface area contributed by atoms with Crippen molar-refractivity contribution < 1.29 is 28.2 Å². The quantitative estimate of drug-likeness (QED) is 0.740. The molecule has 146 valence electrons. The third-order valence-corrected chi connectivity index (χ3v) is 3.79. The number of nitrogens with one attached hydrogen (secondary N) is 1. The molecule has 9 nitrogen and oxygen atoms in total. The first-order chi connectivity index (χ1) is 12.9. The minimum absolute atomic E-state index is 0.0495. The summed E-state index contributed by atoms with van der Waals surface area (Å²) in [7, 11) is 4.31. The molecule has 9 heteroatoms. The molecule has 0 aliphatic carbocycles. The number of benzene rings is 1. The highest BCUT2D eigenvalue weighted by atomic mass is 16.5. The second kappa shape index (κ2) is 8.93. The Morgan fingerprint density at radius 2 is 1.96 bits per heavy atom. The van der Waals surface area contributed by atoms with E-state index in [9.17, 15) is 9.59 Å². The van der Waals surface area contributed by atoms with E-state index >= 15 is 0 Å². The molecule has 2 aromatic rings. The van der Waals surface area contributed by atoms with Gasteiger partial charge in [-0.2, -0.15) is 0 Å². The van der Waals surface area contributed by atoms with Crippen molar-refractivity contribution in [3.05, 3.63) is 36.0 Å². The van der Waals surface area contributed by atoms with Crippen LogP contribution >= 0.6 is 0 Å². The zero-order chi connectivity index (χ0) is 20.0. The Bertz CT molecular complexity index is 802. The highest BCUT2D eigenvalue weighted by Gasteiger charge is 2.22. The van der Waals surface area contributed by atoms with Crippen LogP contribution in [-0.2, 0) is 11.3 Å². The fourth-order valence-electron chi connectivity index (χ4n) is 2.31. The van der Waals surface area contributed by atoms with Crippen molar-refractivity contribution in [3.8, 4) is 11.5 Å². The number of rotatable bonds is 7. The van der Waals surface area contributed by atoms with E-state index in [0.717, 1.165) is 0 Å². The second-order valence-corrected chi connectivity index (χ2v) is 5.84. The number of carbonyl (C=O) groups is 2. The van der Waals surface area contributed by atoms with Gasteiger partial charge < -0.3 is 28.8 Å². The van der Waals surface area contributed by atoms with Crippen LogP contribution in [0.3, 0.4) is 0 Å².